The van der Waals surface area contributed by atoms with Crippen molar-refractivity contribution in [1.82, 2.24) is 4.98 Å². The third kappa shape index (κ3) is 1.86. The van der Waals surface area contributed by atoms with Gasteiger partial charge in [0.25, 0.3) is 0 Å². The van der Waals surface area contributed by atoms with Gasteiger partial charge in [-0.2, -0.15) is 0 Å². The van der Waals surface area contributed by atoms with Crippen LogP contribution in [0.4, 0.5) is 8.78 Å². The van der Waals surface area contributed by atoms with E-state index < -0.39 is 11.6 Å². The van der Waals surface area contributed by atoms with E-state index in [0.717, 1.165) is 0 Å². The molecule has 0 fully saturated rings. The fraction of sp³-hybridized carbons (Fsp3) is 0.0833. The SMILES string of the molecule is COc1c(F)cc(-c2cccnc2)cc1F. The lowest BCUT2D eigenvalue weighted by Gasteiger charge is -2.06. The summed E-state index contributed by atoms with van der Waals surface area (Å²) < 4.78 is 31.4. The molecule has 0 unspecified atom stereocenters. The van der Waals surface area contributed by atoms with Crippen molar-refractivity contribution in [2.75, 3.05) is 7.11 Å². The van der Waals surface area contributed by atoms with Gasteiger partial charge >= 0.3 is 0 Å². The molecule has 0 aliphatic rings. The van der Waals surface area contributed by atoms with Gasteiger partial charge in [-0.1, -0.05) is 6.07 Å². The molecule has 0 radical (unpaired) electrons. The van der Waals surface area contributed by atoms with E-state index in [1.165, 1.54) is 19.2 Å². The summed E-state index contributed by atoms with van der Waals surface area (Å²) in [7, 11) is 1.23. The van der Waals surface area contributed by atoms with Crippen LogP contribution < -0.4 is 4.74 Å². The number of halogens is 2. The Morgan fingerprint density at radius 1 is 1.12 bits per heavy atom. The van der Waals surface area contributed by atoms with Crippen LogP contribution in [0.25, 0.3) is 11.1 Å². The number of methoxy groups -OCH3 is 1. The molecule has 0 saturated heterocycles. The van der Waals surface area contributed by atoms with E-state index in [1.54, 1.807) is 24.5 Å². The summed E-state index contributed by atoms with van der Waals surface area (Å²) in [6.45, 7) is 0. The Bertz CT molecular complexity index is 477. The van der Waals surface area contributed by atoms with Crippen LogP contribution in [0.15, 0.2) is 36.7 Å². The molecule has 0 atom stereocenters. The largest absolute Gasteiger partial charge is 0.491 e. The molecule has 0 spiro atoms. The highest BCUT2D eigenvalue weighted by Crippen LogP contribution is 2.28. The molecule has 0 aliphatic carbocycles. The Kier molecular flexibility index (Phi) is 2.81. The Hall–Kier alpha value is -1.97. The molecule has 1 aromatic heterocycles. The predicted molar refractivity (Wildman–Crippen MR) is 56.1 cm³/mol. The first-order valence-corrected chi connectivity index (χ1v) is 4.66. The Morgan fingerprint density at radius 2 is 1.81 bits per heavy atom. The minimum atomic E-state index is -0.721. The van der Waals surface area contributed by atoms with Crippen molar-refractivity contribution in [1.29, 1.82) is 0 Å². The average molecular weight is 221 g/mol. The zero-order valence-corrected chi connectivity index (χ0v) is 8.58. The van der Waals surface area contributed by atoms with Gasteiger partial charge in [0.2, 0.25) is 0 Å². The van der Waals surface area contributed by atoms with Crippen LogP contribution >= 0.6 is 0 Å². The van der Waals surface area contributed by atoms with Crippen molar-refractivity contribution in [3.8, 4) is 16.9 Å². The molecule has 16 heavy (non-hydrogen) atoms. The second-order valence-corrected chi connectivity index (χ2v) is 3.21. The summed E-state index contributed by atoms with van der Waals surface area (Å²) in [5, 5.41) is 0. The van der Waals surface area contributed by atoms with Crippen molar-refractivity contribution in [3.05, 3.63) is 48.3 Å². The summed E-state index contributed by atoms with van der Waals surface area (Å²) in [6.07, 6.45) is 3.14. The lowest BCUT2D eigenvalue weighted by atomic mass is 10.1. The molecule has 1 heterocycles. The Labute approximate surface area is 91.5 Å². The first-order chi connectivity index (χ1) is 7.72. The molecule has 82 valence electrons. The summed E-state index contributed by atoms with van der Waals surface area (Å²) in [6, 6.07) is 5.88. The van der Waals surface area contributed by atoms with E-state index in [9.17, 15) is 8.78 Å². The minimum absolute atomic E-state index is 0.368. The van der Waals surface area contributed by atoms with Crippen LogP contribution in [0, 0.1) is 11.6 Å². The second kappa shape index (κ2) is 4.26. The quantitative estimate of drug-likeness (QED) is 0.777. The van der Waals surface area contributed by atoms with Gasteiger partial charge in [0.1, 0.15) is 0 Å². The van der Waals surface area contributed by atoms with Crippen LogP contribution in [0.2, 0.25) is 0 Å². The van der Waals surface area contributed by atoms with E-state index in [1.807, 2.05) is 0 Å². The molecule has 2 rings (SSSR count). The Morgan fingerprint density at radius 3 is 2.31 bits per heavy atom. The number of nitrogens with zero attached hydrogens (tertiary/aromatic N) is 1. The zero-order valence-electron chi connectivity index (χ0n) is 8.58. The maximum absolute atomic E-state index is 13.4. The fourth-order valence-electron chi connectivity index (χ4n) is 1.46. The lowest BCUT2D eigenvalue weighted by Crippen LogP contribution is -1.93. The van der Waals surface area contributed by atoms with Crippen molar-refractivity contribution in [2.45, 2.75) is 0 Å². The third-order valence-corrected chi connectivity index (χ3v) is 2.20. The van der Waals surface area contributed by atoms with Gasteiger partial charge in [0.15, 0.2) is 17.4 Å². The summed E-state index contributed by atoms with van der Waals surface area (Å²) >= 11 is 0. The normalized spacial score (nSPS) is 10.2. The summed E-state index contributed by atoms with van der Waals surface area (Å²) in [4.78, 5) is 3.89. The number of ether oxygens (including phenoxy) is 1. The van der Waals surface area contributed by atoms with Gasteiger partial charge in [0, 0.05) is 18.0 Å². The first-order valence-electron chi connectivity index (χ1n) is 4.66. The van der Waals surface area contributed by atoms with Gasteiger partial charge in [-0.25, -0.2) is 8.78 Å². The van der Waals surface area contributed by atoms with E-state index in [0.29, 0.717) is 11.1 Å². The van der Waals surface area contributed by atoms with Gasteiger partial charge in [-0.05, 0) is 23.8 Å². The molecule has 2 aromatic rings. The van der Waals surface area contributed by atoms with Crippen molar-refractivity contribution in [2.24, 2.45) is 0 Å². The predicted octanol–water partition coefficient (Wildman–Crippen LogP) is 3.04. The molecule has 1 aromatic carbocycles. The third-order valence-electron chi connectivity index (χ3n) is 2.20. The molecule has 0 amide bonds. The van der Waals surface area contributed by atoms with Crippen LogP contribution in [0.1, 0.15) is 0 Å². The number of hydrogen-bond donors (Lipinski definition) is 0. The fourth-order valence-corrected chi connectivity index (χ4v) is 1.46. The van der Waals surface area contributed by atoms with E-state index in [4.69, 9.17) is 0 Å². The molecule has 4 heteroatoms. The average Bonchev–Trinajstić information content (AvgIpc) is 2.30. The van der Waals surface area contributed by atoms with E-state index in [-0.39, 0.29) is 5.75 Å². The topological polar surface area (TPSA) is 22.1 Å². The van der Waals surface area contributed by atoms with Gasteiger partial charge in [-0.15, -0.1) is 0 Å². The Balaban J connectivity index is 2.53. The molecule has 0 N–H and O–H groups in total. The smallest absolute Gasteiger partial charge is 0.190 e. The molecular weight excluding hydrogens is 212 g/mol. The number of hydrogen-bond acceptors (Lipinski definition) is 2. The zero-order chi connectivity index (χ0) is 11.5. The number of aromatic nitrogens is 1. The highest BCUT2D eigenvalue weighted by molar-refractivity contribution is 5.63. The number of rotatable bonds is 2. The van der Waals surface area contributed by atoms with Crippen LogP contribution in [-0.2, 0) is 0 Å². The number of pyridine rings is 1. The minimum Gasteiger partial charge on any atom is -0.491 e. The summed E-state index contributed by atoms with van der Waals surface area (Å²) in [5.74, 6) is -1.81. The molecule has 0 bridgehead atoms. The van der Waals surface area contributed by atoms with Crippen molar-refractivity contribution in [3.63, 3.8) is 0 Å². The molecule has 0 aliphatic heterocycles. The van der Waals surface area contributed by atoms with Crippen LogP contribution in [0.5, 0.6) is 5.75 Å². The second-order valence-electron chi connectivity index (χ2n) is 3.21. The maximum atomic E-state index is 13.4. The molecular formula is C12H9F2NO. The van der Waals surface area contributed by atoms with Crippen LogP contribution in [-0.4, -0.2) is 12.1 Å². The van der Waals surface area contributed by atoms with Crippen molar-refractivity contribution < 1.29 is 13.5 Å². The van der Waals surface area contributed by atoms with Gasteiger partial charge in [0.05, 0.1) is 7.11 Å². The summed E-state index contributed by atoms with van der Waals surface area (Å²) in [5.41, 5.74) is 1.09. The van der Waals surface area contributed by atoms with E-state index in [2.05, 4.69) is 9.72 Å². The van der Waals surface area contributed by atoms with Gasteiger partial charge < -0.3 is 4.74 Å². The monoisotopic (exact) mass is 221 g/mol. The number of benzene rings is 1. The highest BCUT2D eigenvalue weighted by atomic mass is 19.1. The van der Waals surface area contributed by atoms with Gasteiger partial charge in [-0.3, -0.25) is 4.98 Å². The van der Waals surface area contributed by atoms with E-state index >= 15 is 0 Å². The standard InChI is InChI=1S/C12H9F2NO/c1-16-12-10(13)5-9(6-11(12)14)8-3-2-4-15-7-8/h2-7H,1H3. The first kappa shape index (κ1) is 10.5. The van der Waals surface area contributed by atoms with Crippen molar-refractivity contribution >= 4 is 0 Å². The lowest BCUT2D eigenvalue weighted by molar-refractivity contribution is 0.360. The van der Waals surface area contributed by atoms with Crippen LogP contribution in [0.3, 0.4) is 0 Å². The maximum Gasteiger partial charge on any atom is 0.190 e. The molecule has 0 saturated carbocycles. The molecule has 2 nitrogen and oxygen atoms in total. The highest BCUT2D eigenvalue weighted by Gasteiger charge is 2.12.